The van der Waals surface area contributed by atoms with Gasteiger partial charge in [-0.1, -0.05) is 66.7 Å². The fraction of sp³-hybridized carbons (Fsp3) is 0.231. The number of nitrogen functional groups attached to an aromatic ring is 1. The number of fused-ring (bicyclic) bond motifs is 1. The van der Waals surface area contributed by atoms with E-state index in [0.29, 0.717) is 22.8 Å². The van der Waals surface area contributed by atoms with Gasteiger partial charge < -0.3 is 34.4 Å². The van der Waals surface area contributed by atoms with Crippen LogP contribution in [0.1, 0.15) is 29.3 Å². The zero-order chi connectivity index (χ0) is 34.1. The lowest BCUT2D eigenvalue weighted by Gasteiger charge is -2.37. The van der Waals surface area contributed by atoms with Gasteiger partial charge in [-0.2, -0.15) is 4.98 Å². The molecule has 0 amide bonds. The molecular weight excluding hydrogens is 620 g/mol. The Bertz CT molecular complexity index is 2080. The fourth-order valence-corrected chi connectivity index (χ4v) is 6.70. The van der Waals surface area contributed by atoms with E-state index in [0.717, 1.165) is 33.3 Å². The highest BCUT2D eigenvalue weighted by Crippen LogP contribution is 2.43. The summed E-state index contributed by atoms with van der Waals surface area (Å²) in [6.07, 6.45) is -0.432. The molecule has 3 heterocycles. The number of anilines is 1. The van der Waals surface area contributed by atoms with Crippen LogP contribution >= 0.6 is 0 Å². The van der Waals surface area contributed by atoms with Gasteiger partial charge in [-0.15, -0.1) is 0 Å². The van der Waals surface area contributed by atoms with E-state index in [-0.39, 0.29) is 13.0 Å². The van der Waals surface area contributed by atoms with Crippen LogP contribution in [0.5, 0.6) is 11.5 Å². The van der Waals surface area contributed by atoms with Crippen LogP contribution in [-0.2, 0) is 22.1 Å². The highest BCUT2D eigenvalue weighted by molar-refractivity contribution is 5.84. The molecule has 0 spiro atoms. The van der Waals surface area contributed by atoms with E-state index >= 15 is 0 Å². The molecule has 1 aliphatic heterocycles. The van der Waals surface area contributed by atoms with Gasteiger partial charge in [0.2, 0.25) is 0 Å². The third-order valence-corrected chi connectivity index (χ3v) is 9.26. The number of aromatic nitrogens is 3. The van der Waals surface area contributed by atoms with Crippen LogP contribution in [0.4, 0.5) is 5.69 Å². The monoisotopic (exact) mass is 658 g/mol. The Morgan fingerprint density at radius 3 is 2.12 bits per heavy atom. The van der Waals surface area contributed by atoms with Crippen molar-refractivity contribution in [2.24, 2.45) is 7.05 Å². The molecule has 0 bridgehead atoms. The quantitative estimate of drug-likeness (QED) is 0.143. The molecule has 10 heteroatoms. The zero-order valence-corrected chi connectivity index (χ0v) is 27.5. The van der Waals surface area contributed by atoms with Crippen LogP contribution in [0.2, 0.25) is 0 Å². The number of ether oxygens (including phenoxy) is 4. The minimum absolute atomic E-state index is 0.0277. The van der Waals surface area contributed by atoms with E-state index < -0.39 is 29.7 Å². The van der Waals surface area contributed by atoms with Gasteiger partial charge in [0.05, 0.1) is 32.6 Å². The second-order valence-electron chi connectivity index (χ2n) is 12.2. The van der Waals surface area contributed by atoms with Crippen molar-refractivity contribution in [3.8, 4) is 22.8 Å². The topological polar surface area (TPSA) is 123 Å². The van der Waals surface area contributed by atoms with E-state index in [1.165, 1.54) is 4.57 Å². The molecule has 3 atom stereocenters. The first-order valence-electron chi connectivity index (χ1n) is 16.1. The number of hydrogen-bond donors (Lipinski definition) is 2. The number of aryl methyl sites for hydroxylation is 1. The molecule has 1 aliphatic rings. The van der Waals surface area contributed by atoms with Gasteiger partial charge in [0.1, 0.15) is 35.1 Å². The summed E-state index contributed by atoms with van der Waals surface area (Å²) in [5.41, 5.74) is 10.1. The molecule has 1 saturated heterocycles. The summed E-state index contributed by atoms with van der Waals surface area (Å²) < 4.78 is 27.6. The molecule has 3 N–H and O–H groups in total. The van der Waals surface area contributed by atoms with Crippen molar-refractivity contribution in [2.75, 3.05) is 26.6 Å². The van der Waals surface area contributed by atoms with Crippen molar-refractivity contribution >= 4 is 16.7 Å². The normalized spacial score (nSPS) is 17.8. The zero-order valence-electron chi connectivity index (χ0n) is 27.5. The van der Waals surface area contributed by atoms with Crippen molar-refractivity contribution in [1.82, 2.24) is 14.1 Å². The smallest absolute Gasteiger partial charge is 0.351 e. The Hall–Kier alpha value is -5.42. The molecule has 49 heavy (non-hydrogen) atoms. The summed E-state index contributed by atoms with van der Waals surface area (Å²) in [4.78, 5) is 17.8. The number of aliphatic hydroxyl groups excluding tert-OH is 1. The molecule has 10 nitrogen and oxygen atoms in total. The van der Waals surface area contributed by atoms with E-state index in [2.05, 4.69) is 4.98 Å². The summed E-state index contributed by atoms with van der Waals surface area (Å²) in [6, 6.07) is 34.9. The van der Waals surface area contributed by atoms with Crippen molar-refractivity contribution in [3.05, 3.63) is 143 Å². The molecule has 0 radical (unpaired) electrons. The van der Waals surface area contributed by atoms with Gasteiger partial charge in [0.15, 0.2) is 0 Å². The highest BCUT2D eigenvalue weighted by Gasteiger charge is 2.42. The number of hydrogen-bond acceptors (Lipinski definition) is 8. The number of rotatable bonds is 10. The van der Waals surface area contributed by atoms with E-state index in [1.54, 1.807) is 20.4 Å². The second-order valence-corrected chi connectivity index (χ2v) is 12.2. The molecule has 2 aromatic heterocycles. The third-order valence-electron chi connectivity index (χ3n) is 9.26. The molecular formula is C39H38N4O6. The Morgan fingerprint density at radius 2 is 1.51 bits per heavy atom. The van der Waals surface area contributed by atoms with Gasteiger partial charge in [0.25, 0.3) is 0 Å². The second kappa shape index (κ2) is 13.2. The fourth-order valence-electron chi connectivity index (χ4n) is 6.70. The largest absolute Gasteiger partial charge is 0.497 e. The van der Waals surface area contributed by atoms with Crippen molar-refractivity contribution in [1.29, 1.82) is 0 Å². The van der Waals surface area contributed by atoms with E-state index in [1.807, 2.05) is 121 Å². The van der Waals surface area contributed by atoms with Crippen LogP contribution in [0.15, 0.2) is 120 Å². The number of methoxy groups -OCH3 is 2. The number of nitrogens with two attached hydrogens (primary N) is 1. The van der Waals surface area contributed by atoms with Crippen LogP contribution in [0.3, 0.4) is 0 Å². The van der Waals surface area contributed by atoms with Crippen LogP contribution in [0.25, 0.3) is 22.3 Å². The first-order chi connectivity index (χ1) is 23.8. The summed E-state index contributed by atoms with van der Waals surface area (Å²) in [5.74, 6) is 1.43. The minimum Gasteiger partial charge on any atom is -0.497 e. The van der Waals surface area contributed by atoms with Crippen LogP contribution in [-0.4, -0.2) is 52.3 Å². The maximum absolute atomic E-state index is 13.4. The number of aliphatic hydroxyl groups is 1. The number of benzene rings is 4. The van der Waals surface area contributed by atoms with Gasteiger partial charge in [-0.3, -0.25) is 4.57 Å². The molecule has 1 fully saturated rings. The Morgan fingerprint density at radius 1 is 0.878 bits per heavy atom. The molecule has 0 unspecified atom stereocenters. The average Bonchev–Trinajstić information content (AvgIpc) is 3.67. The minimum atomic E-state index is -1.08. The van der Waals surface area contributed by atoms with Crippen molar-refractivity contribution in [2.45, 2.75) is 30.5 Å². The summed E-state index contributed by atoms with van der Waals surface area (Å²) in [5, 5.41) is 12.1. The lowest BCUT2D eigenvalue weighted by atomic mass is 9.80. The summed E-state index contributed by atoms with van der Waals surface area (Å²) in [7, 11) is 5.12. The maximum atomic E-state index is 13.4. The Labute approximate surface area is 283 Å². The third kappa shape index (κ3) is 5.95. The summed E-state index contributed by atoms with van der Waals surface area (Å²) in [6.45, 7) is 0.0277. The Kier molecular flexibility index (Phi) is 8.68. The molecule has 0 aliphatic carbocycles. The molecule has 250 valence electrons. The van der Waals surface area contributed by atoms with Gasteiger partial charge in [-0.25, -0.2) is 4.79 Å². The van der Waals surface area contributed by atoms with Crippen LogP contribution < -0.4 is 20.9 Å². The number of nitrogens with zero attached hydrogens (tertiary/aromatic N) is 3. The van der Waals surface area contributed by atoms with Gasteiger partial charge >= 0.3 is 5.69 Å². The average molecular weight is 659 g/mol. The molecule has 0 saturated carbocycles. The summed E-state index contributed by atoms with van der Waals surface area (Å²) >= 11 is 0. The van der Waals surface area contributed by atoms with Gasteiger partial charge in [-0.05, 0) is 59.2 Å². The molecule has 4 aromatic carbocycles. The predicted octanol–water partition coefficient (Wildman–Crippen LogP) is 5.66. The van der Waals surface area contributed by atoms with E-state index in [9.17, 15) is 9.90 Å². The first-order valence-corrected chi connectivity index (χ1v) is 16.1. The van der Waals surface area contributed by atoms with Crippen molar-refractivity contribution < 1.29 is 24.1 Å². The lowest BCUT2D eigenvalue weighted by molar-refractivity contribution is -0.0943. The van der Waals surface area contributed by atoms with Crippen LogP contribution in [0, 0.1) is 0 Å². The van der Waals surface area contributed by atoms with Crippen molar-refractivity contribution in [3.63, 3.8) is 0 Å². The SMILES string of the molecule is COc1ccc(C(OC[C@H]2O[C@@H](n3cc4cc(-c5cccc(N)c5)n(C)c4nc3=O)C[C@@H]2O)(c2ccccc2)c2ccc(OC)cc2)cc1. The lowest BCUT2D eigenvalue weighted by Crippen LogP contribution is -2.38. The van der Waals surface area contributed by atoms with Gasteiger partial charge in [0, 0.05) is 36.3 Å². The molecule has 7 rings (SSSR count). The standard InChI is InChI=1S/C39H38N4O6/c1-42-33(25-8-7-11-30(40)20-25)21-26-23-43(38(45)41-37(26)42)36-22-34(44)35(49-36)24-48-39(27-9-5-4-6-10-27,28-12-16-31(46-2)17-13-28)29-14-18-32(47-3)19-15-29/h4-21,23,34-36,44H,22,24,40H2,1-3H3/t34-,35+,36+/m0/s1. The maximum Gasteiger partial charge on any atom is 0.351 e. The predicted molar refractivity (Wildman–Crippen MR) is 188 cm³/mol. The molecule has 6 aromatic rings. The Balaban J connectivity index is 1.22. The van der Waals surface area contributed by atoms with E-state index in [4.69, 9.17) is 24.7 Å². The first kappa shape index (κ1) is 32.1. The highest BCUT2D eigenvalue weighted by atomic mass is 16.6.